The zero-order valence-corrected chi connectivity index (χ0v) is 24.9. The fourth-order valence-electron chi connectivity index (χ4n) is 4.86. The summed E-state index contributed by atoms with van der Waals surface area (Å²) in [6, 6.07) is 13.5. The summed E-state index contributed by atoms with van der Waals surface area (Å²) in [4.78, 5) is 40.3. The molecule has 13 heteroatoms. The number of rotatable bonds is 11. The van der Waals surface area contributed by atoms with Crippen molar-refractivity contribution in [1.29, 1.82) is 0 Å². The van der Waals surface area contributed by atoms with Gasteiger partial charge in [0.1, 0.15) is 22.6 Å². The molecule has 236 valence electrons. The van der Waals surface area contributed by atoms with Crippen molar-refractivity contribution in [3.8, 4) is 11.5 Å². The van der Waals surface area contributed by atoms with E-state index < -0.39 is 22.1 Å². The molecule has 0 atom stereocenters. The molecule has 3 aromatic rings. The lowest BCUT2D eigenvalue weighted by Crippen LogP contribution is -2.49. The lowest BCUT2D eigenvalue weighted by atomic mass is 9.99. The molecular weight excluding hydrogens is 604 g/mol. The number of aromatic hydroxyl groups is 2. The smallest absolute Gasteiger partial charge is 0.339 e. The second-order valence-electron chi connectivity index (χ2n) is 10.5. The molecule has 0 unspecified atom stereocenters. The monoisotopic (exact) mass is 636 g/mol. The van der Waals surface area contributed by atoms with Gasteiger partial charge in [-0.05, 0) is 65.6 Å². The fraction of sp³-hybridized carbons (Fsp3) is 0.219. The summed E-state index contributed by atoms with van der Waals surface area (Å²) in [5.41, 5.74) is 2.07. The Balaban J connectivity index is 1.60. The highest BCUT2D eigenvalue weighted by molar-refractivity contribution is 7.85. The van der Waals surface area contributed by atoms with E-state index in [0.29, 0.717) is 60.5 Å². The summed E-state index contributed by atoms with van der Waals surface area (Å²) in [7, 11) is -4.04. The number of carboxylic acid groups (broad SMARTS) is 2. The van der Waals surface area contributed by atoms with Crippen molar-refractivity contribution in [3.63, 3.8) is 0 Å². The molecule has 0 saturated carbocycles. The average Bonchev–Trinajstić information content (AvgIpc) is 2.99. The largest absolute Gasteiger partial charge is 0.507 e. The third-order valence-electron chi connectivity index (χ3n) is 7.27. The van der Waals surface area contributed by atoms with Gasteiger partial charge in [-0.25, -0.2) is 9.59 Å². The molecule has 0 spiro atoms. The minimum atomic E-state index is -4.04. The normalized spacial score (nSPS) is 14.3. The Labute approximate surface area is 259 Å². The van der Waals surface area contributed by atoms with Gasteiger partial charge in [-0.1, -0.05) is 48.6 Å². The second-order valence-corrected chi connectivity index (χ2v) is 12.0. The number of amides is 1. The second kappa shape index (κ2) is 14.2. The molecule has 3 aromatic carbocycles. The van der Waals surface area contributed by atoms with Crippen LogP contribution in [0.1, 0.15) is 59.7 Å². The van der Waals surface area contributed by atoms with E-state index in [4.69, 9.17) is 4.55 Å². The first-order chi connectivity index (χ1) is 21.3. The number of carbonyl (C=O) groups is 3. The summed E-state index contributed by atoms with van der Waals surface area (Å²) in [6.45, 7) is 2.26. The maximum atomic E-state index is 13.8. The highest BCUT2D eigenvalue weighted by atomic mass is 32.2. The van der Waals surface area contributed by atoms with Gasteiger partial charge in [0, 0.05) is 31.7 Å². The molecule has 1 saturated heterocycles. The van der Waals surface area contributed by atoms with Crippen LogP contribution in [-0.2, 0) is 10.1 Å². The highest BCUT2D eigenvalue weighted by Gasteiger charge is 2.24. The summed E-state index contributed by atoms with van der Waals surface area (Å²) < 4.78 is 31.0. The molecule has 12 nitrogen and oxygen atoms in total. The molecule has 1 heterocycles. The van der Waals surface area contributed by atoms with Gasteiger partial charge in [-0.2, -0.15) is 8.42 Å². The molecule has 1 aliphatic rings. The summed E-state index contributed by atoms with van der Waals surface area (Å²) in [5, 5.41) is 38.2. The van der Waals surface area contributed by atoms with Crippen molar-refractivity contribution >= 4 is 52.3 Å². The molecule has 45 heavy (non-hydrogen) atoms. The number of carbonyl (C=O) groups excluding carboxylic acids is 1. The molecular formula is C32H32N2O10S. The van der Waals surface area contributed by atoms with E-state index in [1.807, 2.05) is 4.90 Å². The summed E-state index contributed by atoms with van der Waals surface area (Å²) >= 11 is 0. The van der Waals surface area contributed by atoms with E-state index in [1.54, 1.807) is 59.5 Å². The van der Waals surface area contributed by atoms with Crippen LogP contribution in [0.4, 0.5) is 0 Å². The predicted molar refractivity (Wildman–Crippen MR) is 168 cm³/mol. The van der Waals surface area contributed by atoms with E-state index in [0.717, 1.165) is 0 Å². The first-order valence-electron chi connectivity index (χ1n) is 13.9. The van der Waals surface area contributed by atoms with Gasteiger partial charge in [0.05, 0.1) is 5.75 Å². The number of nitrogens with zero attached hydrogens (tertiary/aromatic N) is 2. The van der Waals surface area contributed by atoms with Crippen molar-refractivity contribution < 1.29 is 47.8 Å². The van der Waals surface area contributed by atoms with E-state index in [9.17, 15) is 43.2 Å². The Morgan fingerprint density at radius 3 is 1.64 bits per heavy atom. The quantitative estimate of drug-likeness (QED) is 0.152. The standard InChI is InChI=1S/C32H32N2O10S/c35-28-10-6-22(19-26(28)31(38)39)3-2-21-4-8-24(9-5-23-7-11-29(36)27(20-23)32(40)41)25(18-21)30(37)34-15-13-33(14-16-34)12-1-17-45(42,43)44/h2-11,18-20,35-36H,1,12-17H2,(H,38,39)(H,40,41)(H,42,43,44)/b3-2-,9-5+. The average molecular weight is 637 g/mol. The number of phenols is 2. The van der Waals surface area contributed by atoms with Crippen LogP contribution < -0.4 is 0 Å². The van der Waals surface area contributed by atoms with Crippen molar-refractivity contribution in [1.82, 2.24) is 9.80 Å². The van der Waals surface area contributed by atoms with Crippen molar-refractivity contribution in [3.05, 3.63) is 93.5 Å². The molecule has 1 fully saturated rings. The van der Waals surface area contributed by atoms with Crippen molar-refractivity contribution in [2.75, 3.05) is 38.5 Å². The Bertz CT molecular complexity index is 1770. The Kier molecular flexibility index (Phi) is 10.4. The molecule has 5 N–H and O–H groups in total. The fourth-order valence-corrected chi connectivity index (χ4v) is 5.35. The summed E-state index contributed by atoms with van der Waals surface area (Å²) in [6.07, 6.45) is 6.93. The van der Waals surface area contributed by atoms with Gasteiger partial charge in [-0.3, -0.25) is 14.2 Å². The van der Waals surface area contributed by atoms with Crippen LogP contribution in [0.15, 0.2) is 54.6 Å². The lowest BCUT2D eigenvalue weighted by molar-refractivity contribution is 0.0635. The lowest BCUT2D eigenvalue weighted by Gasteiger charge is -2.35. The molecule has 0 aromatic heterocycles. The van der Waals surface area contributed by atoms with Gasteiger partial charge >= 0.3 is 11.9 Å². The molecule has 0 bridgehead atoms. The van der Waals surface area contributed by atoms with Crippen LogP contribution in [0.2, 0.25) is 0 Å². The number of hydrogen-bond acceptors (Lipinski definition) is 8. The van der Waals surface area contributed by atoms with E-state index in [-0.39, 0.29) is 40.7 Å². The number of carboxylic acids is 2. The Hall–Kier alpha value is -4.98. The topological polar surface area (TPSA) is 193 Å². The first kappa shape index (κ1) is 32.9. The van der Waals surface area contributed by atoms with E-state index >= 15 is 0 Å². The van der Waals surface area contributed by atoms with Gasteiger partial charge < -0.3 is 25.3 Å². The number of hydrogen-bond donors (Lipinski definition) is 5. The van der Waals surface area contributed by atoms with E-state index in [2.05, 4.69) is 0 Å². The third kappa shape index (κ3) is 9.01. The third-order valence-corrected chi connectivity index (χ3v) is 8.07. The van der Waals surface area contributed by atoms with Crippen LogP contribution in [0, 0.1) is 0 Å². The van der Waals surface area contributed by atoms with Crippen molar-refractivity contribution in [2.24, 2.45) is 0 Å². The Morgan fingerprint density at radius 2 is 1.16 bits per heavy atom. The van der Waals surface area contributed by atoms with Crippen LogP contribution in [0.3, 0.4) is 0 Å². The minimum Gasteiger partial charge on any atom is -0.507 e. The number of piperazine rings is 1. The zero-order valence-electron chi connectivity index (χ0n) is 24.0. The highest BCUT2D eigenvalue weighted by Crippen LogP contribution is 2.24. The SMILES string of the molecule is O=C(O)c1cc(/C=C\c2ccc(/C=C/c3ccc(O)c(C(=O)O)c3)c(C(=O)N3CCN(CCCS(=O)(=O)O)CC3)c2)ccc1O. The minimum absolute atomic E-state index is 0.245. The van der Waals surface area contributed by atoms with Crippen LogP contribution in [0.25, 0.3) is 24.3 Å². The zero-order chi connectivity index (χ0) is 32.7. The van der Waals surface area contributed by atoms with Crippen LogP contribution in [0.5, 0.6) is 11.5 Å². The maximum absolute atomic E-state index is 13.8. The van der Waals surface area contributed by atoms with Gasteiger partial charge in [0.15, 0.2) is 0 Å². The van der Waals surface area contributed by atoms with Gasteiger partial charge in [-0.15, -0.1) is 0 Å². The van der Waals surface area contributed by atoms with Crippen LogP contribution >= 0.6 is 0 Å². The predicted octanol–water partition coefficient (Wildman–Crippen LogP) is 3.87. The first-order valence-corrected chi connectivity index (χ1v) is 15.5. The molecule has 1 amide bonds. The Morgan fingerprint density at radius 1 is 0.689 bits per heavy atom. The number of benzene rings is 3. The van der Waals surface area contributed by atoms with Crippen LogP contribution in [-0.4, -0.2) is 99.5 Å². The molecule has 4 rings (SSSR count). The van der Waals surface area contributed by atoms with Gasteiger partial charge in [0.25, 0.3) is 16.0 Å². The maximum Gasteiger partial charge on any atom is 0.339 e. The van der Waals surface area contributed by atoms with E-state index in [1.165, 1.54) is 24.3 Å². The molecule has 1 aliphatic heterocycles. The summed E-state index contributed by atoms with van der Waals surface area (Å²) in [5.74, 6) is -3.86. The molecule has 0 aliphatic carbocycles. The van der Waals surface area contributed by atoms with Gasteiger partial charge in [0.2, 0.25) is 0 Å². The number of aromatic carboxylic acids is 2. The van der Waals surface area contributed by atoms with Crippen molar-refractivity contribution in [2.45, 2.75) is 6.42 Å². The molecule has 0 radical (unpaired) electrons.